The lowest BCUT2D eigenvalue weighted by atomic mass is 10.1. The summed E-state index contributed by atoms with van der Waals surface area (Å²) in [6.07, 6.45) is 0. The number of hydrogen-bond acceptors (Lipinski definition) is 6. The number of carbonyl (C=O) groups is 2. The number of nitrogens with zero attached hydrogens (tertiary/aromatic N) is 3. The molecule has 3 rings (SSSR count). The molecule has 0 unspecified atom stereocenters. The number of amides is 2. The third-order valence-electron chi connectivity index (χ3n) is 5.84. The van der Waals surface area contributed by atoms with Gasteiger partial charge in [0.1, 0.15) is 5.75 Å². The van der Waals surface area contributed by atoms with Gasteiger partial charge in [0.2, 0.25) is 15.9 Å². The van der Waals surface area contributed by atoms with Crippen molar-refractivity contribution in [3.05, 3.63) is 54.1 Å². The molecule has 184 valence electrons. The lowest BCUT2D eigenvalue weighted by molar-refractivity contribution is -0.117. The predicted octanol–water partition coefficient (Wildman–Crippen LogP) is 2.12. The number of rotatable bonds is 9. The van der Waals surface area contributed by atoms with Crippen molar-refractivity contribution in [2.45, 2.75) is 18.7 Å². The molecule has 0 aliphatic carbocycles. The molecule has 1 heterocycles. The molecular formula is C24H32N4O5S. The van der Waals surface area contributed by atoms with Crippen LogP contribution < -0.4 is 10.1 Å². The van der Waals surface area contributed by atoms with Crippen LogP contribution in [0.4, 0.5) is 5.69 Å². The maximum absolute atomic E-state index is 12.9. The minimum atomic E-state index is -3.60. The van der Waals surface area contributed by atoms with Crippen LogP contribution in [0.15, 0.2) is 53.4 Å². The van der Waals surface area contributed by atoms with Crippen LogP contribution in [0, 0.1) is 0 Å². The number of hydrogen-bond donors (Lipinski definition) is 1. The van der Waals surface area contributed by atoms with Gasteiger partial charge in [0, 0.05) is 50.5 Å². The van der Waals surface area contributed by atoms with Gasteiger partial charge in [0.05, 0.1) is 18.6 Å². The summed E-state index contributed by atoms with van der Waals surface area (Å²) in [5, 5.41) is 2.84. The Hall–Kier alpha value is -2.95. The minimum Gasteiger partial charge on any atom is -0.497 e. The van der Waals surface area contributed by atoms with Crippen molar-refractivity contribution in [2.24, 2.45) is 0 Å². The van der Waals surface area contributed by atoms with Crippen LogP contribution in [-0.2, 0) is 14.8 Å². The van der Waals surface area contributed by atoms with Crippen LogP contribution in [0.1, 0.15) is 24.2 Å². The van der Waals surface area contributed by atoms with Crippen molar-refractivity contribution >= 4 is 27.5 Å². The molecule has 34 heavy (non-hydrogen) atoms. The number of carbonyl (C=O) groups excluding carboxylic acids is 2. The van der Waals surface area contributed by atoms with Crippen LogP contribution in [-0.4, -0.2) is 87.3 Å². The van der Waals surface area contributed by atoms with E-state index in [2.05, 4.69) is 5.32 Å². The largest absolute Gasteiger partial charge is 0.497 e. The van der Waals surface area contributed by atoms with E-state index >= 15 is 0 Å². The summed E-state index contributed by atoms with van der Waals surface area (Å²) in [4.78, 5) is 29.0. The fourth-order valence-corrected chi connectivity index (χ4v) is 5.27. The van der Waals surface area contributed by atoms with Crippen LogP contribution in [0.3, 0.4) is 0 Å². The zero-order valence-corrected chi connectivity index (χ0v) is 20.7. The molecule has 1 saturated heterocycles. The molecule has 1 aliphatic rings. The lowest BCUT2D eigenvalue weighted by Gasteiger charge is -2.33. The smallest absolute Gasteiger partial charge is 0.253 e. The van der Waals surface area contributed by atoms with Crippen molar-refractivity contribution < 1.29 is 22.7 Å². The number of methoxy groups -OCH3 is 1. The van der Waals surface area contributed by atoms with Crippen molar-refractivity contribution in [3.8, 4) is 5.75 Å². The van der Waals surface area contributed by atoms with E-state index < -0.39 is 10.0 Å². The van der Waals surface area contributed by atoms with E-state index in [0.717, 1.165) is 0 Å². The van der Waals surface area contributed by atoms with Crippen molar-refractivity contribution in [3.63, 3.8) is 0 Å². The number of nitrogens with one attached hydrogen (secondary N) is 1. The summed E-state index contributed by atoms with van der Waals surface area (Å²) in [6.45, 7) is 6.73. The first-order valence-electron chi connectivity index (χ1n) is 11.3. The second-order valence-corrected chi connectivity index (χ2v) is 9.90. The number of piperazine rings is 1. The molecule has 1 aliphatic heterocycles. The molecule has 0 aromatic heterocycles. The van der Waals surface area contributed by atoms with E-state index in [-0.39, 0.29) is 23.3 Å². The Bertz CT molecular complexity index is 1090. The minimum absolute atomic E-state index is 0.0738. The highest BCUT2D eigenvalue weighted by molar-refractivity contribution is 7.89. The van der Waals surface area contributed by atoms with Gasteiger partial charge in [0.15, 0.2) is 0 Å². The van der Waals surface area contributed by atoms with Crippen LogP contribution >= 0.6 is 0 Å². The van der Waals surface area contributed by atoms with Gasteiger partial charge in [-0.3, -0.25) is 14.5 Å². The Kier molecular flexibility index (Phi) is 8.65. The molecular weight excluding hydrogens is 456 g/mol. The molecule has 1 fully saturated rings. The monoisotopic (exact) mass is 488 g/mol. The quantitative estimate of drug-likeness (QED) is 0.581. The first-order valence-corrected chi connectivity index (χ1v) is 12.8. The molecule has 2 amide bonds. The molecule has 0 bridgehead atoms. The third kappa shape index (κ3) is 6.13. The highest BCUT2D eigenvalue weighted by atomic mass is 32.2. The van der Waals surface area contributed by atoms with E-state index in [1.807, 2.05) is 18.7 Å². The Balaban J connectivity index is 1.54. The summed E-state index contributed by atoms with van der Waals surface area (Å²) in [5.74, 6) is 0.312. The molecule has 0 saturated carbocycles. The van der Waals surface area contributed by atoms with Gasteiger partial charge in [-0.05, 0) is 56.3 Å². The van der Waals surface area contributed by atoms with Gasteiger partial charge in [-0.2, -0.15) is 4.31 Å². The Morgan fingerprint density at radius 3 is 2.24 bits per heavy atom. The highest BCUT2D eigenvalue weighted by Crippen LogP contribution is 2.21. The summed E-state index contributed by atoms with van der Waals surface area (Å²) >= 11 is 0. The molecule has 0 atom stereocenters. The maximum Gasteiger partial charge on any atom is 0.253 e. The Labute approximate surface area is 201 Å². The van der Waals surface area contributed by atoms with Gasteiger partial charge < -0.3 is 15.0 Å². The molecule has 2 aromatic carbocycles. The normalized spacial score (nSPS) is 15.0. The summed E-state index contributed by atoms with van der Waals surface area (Å²) < 4.78 is 32.3. The van der Waals surface area contributed by atoms with Crippen molar-refractivity contribution in [1.82, 2.24) is 14.1 Å². The van der Waals surface area contributed by atoms with Crippen molar-refractivity contribution in [2.75, 3.05) is 58.2 Å². The molecule has 0 radical (unpaired) electrons. The number of sulfonamides is 1. The van der Waals surface area contributed by atoms with E-state index in [1.54, 1.807) is 41.3 Å². The predicted molar refractivity (Wildman–Crippen MR) is 131 cm³/mol. The first kappa shape index (κ1) is 25.7. The molecule has 9 nitrogen and oxygen atoms in total. The van der Waals surface area contributed by atoms with Crippen LogP contribution in [0.5, 0.6) is 5.75 Å². The fraction of sp³-hybridized carbons (Fsp3) is 0.417. The highest BCUT2D eigenvalue weighted by Gasteiger charge is 2.29. The molecule has 2 aromatic rings. The second-order valence-electron chi connectivity index (χ2n) is 7.96. The van der Waals surface area contributed by atoms with Crippen molar-refractivity contribution in [1.29, 1.82) is 0 Å². The fourth-order valence-electron chi connectivity index (χ4n) is 3.85. The van der Waals surface area contributed by atoms with E-state index in [0.29, 0.717) is 56.3 Å². The Morgan fingerprint density at radius 2 is 1.65 bits per heavy atom. The average Bonchev–Trinajstić information content (AvgIpc) is 2.85. The lowest BCUT2D eigenvalue weighted by Crippen LogP contribution is -2.50. The van der Waals surface area contributed by atoms with Crippen LogP contribution in [0.25, 0.3) is 0 Å². The zero-order chi connectivity index (χ0) is 24.7. The van der Waals surface area contributed by atoms with E-state index in [9.17, 15) is 18.0 Å². The van der Waals surface area contributed by atoms with E-state index in [1.165, 1.54) is 23.5 Å². The topological polar surface area (TPSA) is 99.3 Å². The molecule has 1 N–H and O–H groups in total. The van der Waals surface area contributed by atoms with Gasteiger partial charge >= 0.3 is 0 Å². The number of benzene rings is 2. The summed E-state index contributed by atoms with van der Waals surface area (Å²) in [7, 11) is -2.07. The zero-order valence-electron chi connectivity index (χ0n) is 19.9. The SMILES string of the molecule is CCN(CC)C(=O)c1cccc(NC(=O)CN2CCN(S(=O)(=O)c3ccc(OC)cc3)CC2)c1. The Morgan fingerprint density at radius 1 is 1.00 bits per heavy atom. The number of anilines is 1. The molecule has 10 heteroatoms. The summed E-state index contributed by atoms with van der Waals surface area (Å²) in [6, 6.07) is 13.2. The first-order chi connectivity index (χ1) is 16.3. The molecule has 0 spiro atoms. The standard InChI is InChI=1S/C24H32N4O5S/c1-4-27(5-2)24(30)19-7-6-8-20(17-19)25-23(29)18-26-13-15-28(16-14-26)34(31,32)22-11-9-21(33-3)10-12-22/h6-12,17H,4-5,13-16,18H2,1-3H3,(H,25,29). The van der Waals surface area contributed by atoms with Gasteiger partial charge in [-0.25, -0.2) is 8.42 Å². The maximum atomic E-state index is 12.9. The van der Waals surface area contributed by atoms with Gasteiger partial charge in [0.25, 0.3) is 5.91 Å². The third-order valence-corrected chi connectivity index (χ3v) is 7.75. The van der Waals surface area contributed by atoms with Gasteiger partial charge in [-0.1, -0.05) is 6.07 Å². The summed E-state index contributed by atoms with van der Waals surface area (Å²) in [5.41, 5.74) is 1.09. The van der Waals surface area contributed by atoms with Gasteiger partial charge in [-0.15, -0.1) is 0 Å². The van der Waals surface area contributed by atoms with Crippen LogP contribution in [0.2, 0.25) is 0 Å². The second kappa shape index (κ2) is 11.5. The van der Waals surface area contributed by atoms with E-state index in [4.69, 9.17) is 4.74 Å². The number of ether oxygens (including phenoxy) is 1. The average molecular weight is 489 g/mol.